The molecule has 0 aromatic rings. The molecular weight excluding hydrogens is 178 g/mol. The lowest BCUT2D eigenvalue weighted by Crippen LogP contribution is -2.26. The number of nitrogens with one attached hydrogen (secondary N) is 1. The summed E-state index contributed by atoms with van der Waals surface area (Å²) in [5.41, 5.74) is 0. The van der Waals surface area contributed by atoms with E-state index in [-0.39, 0.29) is 0 Å². The molecule has 0 aliphatic carbocycles. The monoisotopic (exact) mass is 199 g/mol. The largest absolute Gasteiger partial charge is 0.378 e. The van der Waals surface area contributed by atoms with Gasteiger partial charge in [-0.05, 0) is 38.1 Å². The summed E-state index contributed by atoms with van der Waals surface area (Å²) in [6.07, 6.45) is 5.36. The standard InChI is InChI=1S/C11H21NO2/c1-2-6-14-11(3-1)9-13-8-10-4-5-12-7-10/h10-12H,1-9H2. The highest BCUT2D eigenvalue weighted by atomic mass is 16.5. The van der Waals surface area contributed by atoms with Crippen LogP contribution in [0.15, 0.2) is 0 Å². The average Bonchev–Trinajstić information content (AvgIpc) is 2.72. The molecule has 2 rings (SSSR count). The van der Waals surface area contributed by atoms with Crippen LogP contribution in [-0.2, 0) is 9.47 Å². The molecule has 2 fully saturated rings. The molecule has 0 radical (unpaired) electrons. The third-order valence-electron chi connectivity index (χ3n) is 3.09. The van der Waals surface area contributed by atoms with E-state index in [4.69, 9.17) is 9.47 Å². The van der Waals surface area contributed by atoms with Gasteiger partial charge in [0.2, 0.25) is 0 Å². The molecule has 14 heavy (non-hydrogen) atoms. The molecular formula is C11H21NO2. The second-order valence-electron chi connectivity index (χ2n) is 4.38. The van der Waals surface area contributed by atoms with Gasteiger partial charge in [-0.15, -0.1) is 0 Å². The van der Waals surface area contributed by atoms with Crippen LogP contribution in [0.4, 0.5) is 0 Å². The quantitative estimate of drug-likeness (QED) is 0.737. The maximum absolute atomic E-state index is 5.69. The van der Waals surface area contributed by atoms with Gasteiger partial charge in [0, 0.05) is 13.2 Å². The molecule has 2 heterocycles. The molecule has 82 valence electrons. The third kappa shape index (κ3) is 3.23. The van der Waals surface area contributed by atoms with Crippen molar-refractivity contribution in [3.63, 3.8) is 0 Å². The summed E-state index contributed by atoms with van der Waals surface area (Å²) in [5.74, 6) is 0.735. The van der Waals surface area contributed by atoms with Crippen molar-refractivity contribution in [1.29, 1.82) is 0 Å². The van der Waals surface area contributed by atoms with E-state index < -0.39 is 0 Å². The van der Waals surface area contributed by atoms with Crippen molar-refractivity contribution in [3.8, 4) is 0 Å². The summed E-state index contributed by atoms with van der Waals surface area (Å²) in [5, 5.41) is 3.35. The van der Waals surface area contributed by atoms with E-state index in [9.17, 15) is 0 Å². The fraction of sp³-hybridized carbons (Fsp3) is 1.00. The fourth-order valence-electron chi connectivity index (χ4n) is 2.16. The summed E-state index contributed by atoms with van der Waals surface area (Å²) >= 11 is 0. The first-order chi connectivity index (χ1) is 6.95. The molecule has 0 aromatic heterocycles. The first kappa shape index (κ1) is 10.4. The zero-order chi connectivity index (χ0) is 9.64. The first-order valence-electron chi connectivity index (χ1n) is 5.85. The fourth-order valence-corrected chi connectivity index (χ4v) is 2.16. The zero-order valence-corrected chi connectivity index (χ0v) is 8.84. The Kier molecular flexibility index (Phi) is 4.22. The lowest BCUT2D eigenvalue weighted by molar-refractivity contribution is -0.0457. The van der Waals surface area contributed by atoms with Crippen molar-refractivity contribution in [3.05, 3.63) is 0 Å². The van der Waals surface area contributed by atoms with Crippen LogP contribution in [-0.4, -0.2) is 39.0 Å². The van der Waals surface area contributed by atoms with Crippen molar-refractivity contribution in [2.45, 2.75) is 31.8 Å². The van der Waals surface area contributed by atoms with Gasteiger partial charge in [0.1, 0.15) is 0 Å². The molecule has 0 amide bonds. The molecule has 2 atom stereocenters. The Labute approximate surface area is 86.2 Å². The van der Waals surface area contributed by atoms with Gasteiger partial charge in [-0.25, -0.2) is 0 Å². The predicted octanol–water partition coefficient (Wildman–Crippen LogP) is 1.18. The normalized spacial score (nSPS) is 33.4. The van der Waals surface area contributed by atoms with Crippen LogP contribution in [0, 0.1) is 5.92 Å². The number of ether oxygens (including phenoxy) is 2. The minimum atomic E-state index is 0.373. The van der Waals surface area contributed by atoms with Crippen molar-refractivity contribution >= 4 is 0 Å². The molecule has 2 aliphatic heterocycles. The molecule has 0 spiro atoms. The molecule has 0 bridgehead atoms. The van der Waals surface area contributed by atoms with Crippen LogP contribution >= 0.6 is 0 Å². The van der Waals surface area contributed by atoms with Crippen LogP contribution in [0.2, 0.25) is 0 Å². The van der Waals surface area contributed by atoms with Crippen LogP contribution in [0.25, 0.3) is 0 Å². The molecule has 1 N–H and O–H groups in total. The van der Waals surface area contributed by atoms with Crippen molar-refractivity contribution in [2.75, 3.05) is 32.9 Å². The smallest absolute Gasteiger partial charge is 0.0808 e. The lowest BCUT2D eigenvalue weighted by atomic mass is 10.1. The summed E-state index contributed by atoms with van der Waals surface area (Å²) in [7, 11) is 0. The van der Waals surface area contributed by atoms with Gasteiger partial charge in [-0.1, -0.05) is 0 Å². The number of hydrogen-bond acceptors (Lipinski definition) is 3. The number of hydrogen-bond donors (Lipinski definition) is 1. The summed E-state index contributed by atoms with van der Waals surface area (Å²) < 4.78 is 11.3. The molecule has 2 aliphatic rings. The van der Waals surface area contributed by atoms with Crippen LogP contribution in [0.3, 0.4) is 0 Å². The third-order valence-corrected chi connectivity index (χ3v) is 3.09. The Morgan fingerprint density at radius 1 is 1.21 bits per heavy atom. The Bertz CT molecular complexity index is 151. The second kappa shape index (κ2) is 5.69. The SMILES string of the molecule is C1CCC(COCC2CCNC2)OC1. The minimum Gasteiger partial charge on any atom is -0.378 e. The van der Waals surface area contributed by atoms with Crippen LogP contribution < -0.4 is 5.32 Å². The Morgan fingerprint density at radius 3 is 2.93 bits per heavy atom. The lowest BCUT2D eigenvalue weighted by Gasteiger charge is -2.22. The highest BCUT2D eigenvalue weighted by molar-refractivity contribution is 4.71. The van der Waals surface area contributed by atoms with E-state index in [2.05, 4.69) is 5.32 Å². The van der Waals surface area contributed by atoms with Crippen molar-refractivity contribution < 1.29 is 9.47 Å². The highest BCUT2D eigenvalue weighted by Gasteiger charge is 2.17. The predicted molar refractivity (Wildman–Crippen MR) is 55.4 cm³/mol. The van der Waals surface area contributed by atoms with Gasteiger partial charge >= 0.3 is 0 Å². The van der Waals surface area contributed by atoms with Gasteiger partial charge in [0.25, 0.3) is 0 Å². The molecule has 0 saturated carbocycles. The molecule has 3 heteroatoms. The first-order valence-corrected chi connectivity index (χ1v) is 5.85. The van der Waals surface area contributed by atoms with Gasteiger partial charge in [0.05, 0.1) is 19.3 Å². The summed E-state index contributed by atoms with van der Waals surface area (Å²) in [6.45, 7) is 4.93. The van der Waals surface area contributed by atoms with Crippen LogP contribution in [0.1, 0.15) is 25.7 Å². The maximum atomic E-state index is 5.69. The zero-order valence-electron chi connectivity index (χ0n) is 8.84. The van der Waals surface area contributed by atoms with E-state index in [0.717, 1.165) is 38.8 Å². The molecule has 0 aromatic carbocycles. The van der Waals surface area contributed by atoms with Gasteiger partial charge in [-0.3, -0.25) is 0 Å². The topological polar surface area (TPSA) is 30.5 Å². The summed E-state index contributed by atoms with van der Waals surface area (Å²) in [4.78, 5) is 0. The average molecular weight is 199 g/mol. The highest BCUT2D eigenvalue weighted by Crippen LogP contribution is 2.14. The van der Waals surface area contributed by atoms with Crippen LogP contribution in [0.5, 0.6) is 0 Å². The van der Waals surface area contributed by atoms with Gasteiger partial charge in [0.15, 0.2) is 0 Å². The minimum absolute atomic E-state index is 0.373. The van der Waals surface area contributed by atoms with Gasteiger partial charge < -0.3 is 14.8 Å². The Hall–Kier alpha value is -0.120. The van der Waals surface area contributed by atoms with E-state index in [1.165, 1.54) is 25.7 Å². The molecule has 2 unspecified atom stereocenters. The van der Waals surface area contributed by atoms with E-state index >= 15 is 0 Å². The van der Waals surface area contributed by atoms with Crippen molar-refractivity contribution in [2.24, 2.45) is 5.92 Å². The maximum Gasteiger partial charge on any atom is 0.0808 e. The second-order valence-corrected chi connectivity index (χ2v) is 4.38. The molecule has 2 saturated heterocycles. The molecule has 3 nitrogen and oxygen atoms in total. The number of rotatable bonds is 4. The van der Waals surface area contributed by atoms with Crippen molar-refractivity contribution in [1.82, 2.24) is 5.32 Å². The summed E-state index contributed by atoms with van der Waals surface area (Å²) in [6, 6.07) is 0. The Balaban J connectivity index is 1.52. The van der Waals surface area contributed by atoms with E-state index in [0.29, 0.717) is 6.10 Å². The van der Waals surface area contributed by atoms with E-state index in [1.54, 1.807) is 0 Å². The Morgan fingerprint density at radius 2 is 2.21 bits per heavy atom. The van der Waals surface area contributed by atoms with E-state index in [1.807, 2.05) is 0 Å². The van der Waals surface area contributed by atoms with Gasteiger partial charge in [-0.2, -0.15) is 0 Å².